The van der Waals surface area contributed by atoms with Crippen molar-refractivity contribution in [1.29, 1.82) is 0 Å². The van der Waals surface area contributed by atoms with Gasteiger partial charge in [-0.25, -0.2) is 0 Å². The van der Waals surface area contributed by atoms with E-state index in [0.29, 0.717) is 26.2 Å². The second-order valence-corrected chi connectivity index (χ2v) is 8.93. The van der Waals surface area contributed by atoms with Crippen molar-refractivity contribution in [2.45, 2.75) is 26.2 Å². The molecule has 37 heavy (non-hydrogen) atoms. The fraction of sp³-hybridized carbons (Fsp3) is 0.188. The normalized spacial score (nSPS) is 10.6. The molecule has 0 unspecified atom stereocenters. The van der Waals surface area contributed by atoms with Gasteiger partial charge in [0.1, 0.15) is 13.2 Å². The van der Waals surface area contributed by atoms with Gasteiger partial charge in [-0.2, -0.15) is 0 Å². The van der Waals surface area contributed by atoms with Crippen LogP contribution in [0.3, 0.4) is 0 Å². The first-order valence-corrected chi connectivity index (χ1v) is 12.5. The van der Waals surface area contributed by atoms with E-state index in [1.165, 1.54) is 0 Å². The molecule has 5 nitrogen and oxygen atoms in total. The summed E-state index contributed by atoms with van der Waals surface area (Å²) >= 11 is 0. The molecule has 0 N–H and O–H groups in total. The van der Waals surface area contributed by atoms with Crippen molar-refractivity contribution < 1.29 is 14.3 Å². The Bertz CT molecular complexity index is 1050. The molecule has 0 atom stereocenters. The monoisotopic (exact) mass is 492 g/mol. The Labute approximate surface area is 218 Å². The zero-order valence-corrected chi connectivity index (χ0v) is 20.9. The third-order valence-corrected chi connectivity index (χ3v) is 6.02. The third kappa shape index (κ3) is 8.44. The van der Waals surface area contributed by atoms with Gasteiger partial charge >= 0.3 is 0 Å². The Morgan fingerprint density at radius 3 is 0.919 bits per heavy atom. The van der Waals surface area contributed by atoms with Gasteiger partial charge < -0.3 is 14.5 Å². The molecule has 0 heterocycles. The number of carbonyl (C=O) groups is 2. The lowest BCUT2D eigenvalue weighted by Gasteiger charge is -2.25. The number of amides is 2. The van der Waals surface area contributed by atoms with Gasteiger partial charge in [-0.15, -0.1) is 0 Å². The molecule has 0 aliphatic rings. The molecule has 188 valence electrons. The summed E-state index contributed by atoms with van der Waals surface area (Å²) in [6.45, 7) is 1.58. The summed E-state index contributed by atoms with van der Waals surface area (Å²) < 4.78 is 5.69. The molecule has 0 saturated carbocycles. The lowest BCUT2D eigenvalue weighted by molar-refractivity contribution is -0.143. The fourth-order valence-corrected chi connectivity index (χ4v) is 4.09. The first-order valence-electron chi connectivity index (χ1n) is 12.5. The van der Waals surface area contributed by atoms with Gasteiger partial charge in [-0.3, -0.25) is 9.59 Å². The van der Waals surface area contributed by atoms with Crippen LogP contribution in [0, 0.1) is 0 Å². The summed E-state index contributed by atoms with van der Waals surface area (Å²) in [4.78, 5) is 29.9. The molecule has 2 amide bonds. The Kier molecular flexibility index (Phi) is 9.62. The van der Waals surface area contributed by atoms with Gasteiger partial charge in [0.05, 0.1) is 0 Å². The molecule has 5 heteroatoms. The molecule has 0 spiro atoms. The van der Waals surface area contributed by atoms with Crippen LogP contribution in [0.15, 0.2) is 121 Å². The molecule has 4 aromatic carbocycles. The molecule has 0 aliphatic heterocycles. The standard InChI is InChI=1S/C32H32N2O3/c35-31(33(21-27-13-5-1-6-14-27)22-28-15-7-2-8-16-28)25-37-26-32(36)34(23-29-17-9-3-10-18-29)24-30-19-11-4-12-20-30/h1-20H,21-26H2. The number of hydrogen-bond acceptors (Lipinski definition) is 3. The van der Waals surface area contributed by atoms with Crippen LogP contribution in [-0.4, -0.2) is 34.8 Å². The minimum atomic E-state index is -0.157. The van der Waals surface area contributed by atoms with E-state index in [2.05, 4.69) is 0 Å². The summed E-state index contributed by atoms with van der Waals surface area (Å²) in [7, 11) is 0. The van der Waals surface area contributed by atoms with Crippen molar-refractivity contribution in [1.82, 2.24) is 9.80 Å². The maximum Gasteiger partial charge on any atom is 0.249 e. The highest BCUT2D eigenvalue weighted by Crippen LogP contribution is 2.13. The molecule has 0 aromatic heterocycles. The van der Waals surface area contributed by atoms with Crippen molar-refractivity contribution >= 4 is 11.8 Å². The minimum Gasteiger partial charge on any atom is -0.362 e. The zero-order chi connectivity index (χ0) is 25.7. The number of benzene rings is 4. The fourth-order valence-electron chi connectivity index (χ4n) is 4.09. The van der Waals surface area contributed by atoms with E-state index in [4.69, 9.17) is 4.74 Å². The van der Waals surface area contributed by atoms with Crippen LogP contribution in [0.4, 0.5) is 0 Å². The molecule has 0 bridgehead atoms. The number of carbonyl (C=O) groups excluding carboxylic acids is 2. The predicted octanol–water partition coefficient (Wildman–Crippen LogP) is 5.46. The van der Waals surface area contributed by atoms with Crippen molar-refractivity contribution in [3.63, 3.8) is 0 Å². The molecular weight excluding hydrogens is 460 g/mol. The van der Waals surface area contributed by atoms with Crippen molar-refractivity contribution in [3.8, 4) is 0 Å². The molecule has 0 radical (unpaired) electrons. The highest BCUT2D eigenvalue weighted by molar-refractivity contribution is 5.80. The summed E-state index contributed by atoms with van der Waals surface area (Å²) in [6.07, 6.45) is 0. The van der Waals surface area contributed by atoms with Crippen LogP contribution < -0.4 is 0 Å². The lowest BCUT2D eigenvalue weighted by atomic mass is 10.1. The van der Waals surface area contributed by atoms with Crippen molar-refractivity contribution in [3.05, 3.63) is 144 Å². The Balaban J connectivity index is 1.38. The summed E-state index contributed by atoms with van der Waals surface area (Å²) in [5.41, 5.74) is 4.17. The first-order chi connectivity index (χ1) is 18.2. The lowest BCUT2D eigenvalue weighted by Crippen LogP contribution is -2.36. The summed E-state index contributed by atoms with van der Waals surface area (Å²) in [6, 6.07) is 39.5. The molecule has 4 aromatic rings. The SMILES string of the molecule is O=C(COCC(=O)N(Cc1ccccc1)Cc1ccccc1)N(Cc1ccccc1)Cc1ccccc1. The Hall–Kier alpha value is -4.22. The van der Waals surface area contributed by atoms with Gasteiger partial charge in [0, 0.05) is 26.2 Å². The Morgan fingerprint density at radius 2 is 0.676 bits per heavy atom. The minimum absolute atomic E-state index is 0.154. The van der Waals surface area contributed by atoms with E-state index in [0.717, 1.165) is 22.3 Å². The highest BCUT2D eigenvalue weighted by atomic mass is 16.5. The predicted molar refractivity (Wildman–Crippen MR) is 145 cm³/mol. The topological polar surface area (TPSA) is 49.9 Å². The molecular formula is C32H32N2O3. The average Bonchev–Trinajstić information content (AvgIpc) is 2.94. The quantitative estimate of drug-likeness (QED) is 0.264. The maximum absolute atomic E-state index is 13.2. The summed E-state index contributed by atoms with van der Waals surface area (Å²) in [5, 5.41) is 0. The zero-order valence-electron chi connectivity index (χ0n) is 20.9. The average molecular weight is 493 g/mol. The first kappa shape index (κ1) is 25.9. The smallest absolute Gasteiger partial charge is 0.249 e. The molecule has 0 fully saturated rings. The second kappa shape index (κ2) is 13.8. The van der Waals surface area contributed by atoms with E-state index >= 15 is 0 Å². The van der Waals surface area contributed by atoms with Crippen LogP contribution >= 0.6 is 0 Å². The van der Waals surface area contributed by atoms with Crippen molar-refractivity contribution in [2.24, 2.45) is 0 Å². The van der Waals surface area contributed by atoms with Crippen LogP contribution in [0.1, 0.15) is 22.3 Å². The number of rotatable bonds is 12. The van der Waals surface area contributed by atoms with E-state index < -0.39 is 0 Å². The van der Waals surface area contributed by atoms with E-state index in [1.807, 2.05) is 121 Å². The van der Waals surface area contributed by atoms with Crippen LogP contribution in [0.5, 0.6) is 0 Å². The highest BCUT2D eigenvalue weighted by Gasteiger charge is 2.18. The number of nitrogens with zero attached hydrogens (tertiary/aromatic N) is 2. The third-order valence-electron chi connectivity index (χ3n) is 6.02. The maximum atomic E-state index is 13.2. The van der Waals surface area contributed by atoms with E-state index in [9.17, 15) is 9.59 Å². The van der Waals surface area contributed by atoms with Gasteiger partial charge in [0.2, 0.25) is 11.8 Å². The molecule has 0 aliphatic carbocycles. The van der Waals surface area contributed by atoms with Crippen LogP contribution in [0.25, 0.3) is 0 Å². The summed E-state index contributed by atoms with van der Waals surface area (Å²) in [5.74, 6) is -0.309. The van der Waals surface area contributed by atoms with Gasteiger partial charge in [-0.05, 0) is 22.3 Å². The largest absolute Gasteiger partial charge is 0.362 e. The van der Waals surface area contributed by atoms with E-state index in [1.54, 1.807) is 9.80 Å². The van der Waals surface area contributed by atoms with Gasteiger partial charge in [0.15, 0.2) is 0 Å². The number of ether oxygens (including phenoxy) is 1. The molecule has 4 rings (SSSR count). The number of hydrogen-bond donors (Lipinski definition) is 0. The van der Waals surface area contributed by atoms with E-state index in [-0.39, 0.29) is 25.0 Å². The van der Waals surface area contributed by atoms with Crippen molar-refractivity contribution in [2.75, 3.05) is 13.2 Å². The second-order valence-electron chi connectivity index (χ2n) is 8.93. The van der Waals surface area contributed by atoms with Gasteiger partial charge in [0.25, 0.3) is 0 Å². The van der Waals surface area contributed by atoms with Crippen LogP contribution in [0.2, 0.25) is 0 Å². The van der Waals surface area contributed by atoms with Crippen LogP contribution in [-0.2, 0) is 40.5 Å². The van der Waals surface area contributed by atoms with Gasteiger partial charge in [-0.1, -0.05) is 121 Å². The Morgan fingerprint density at radius 1 is 0.432 bits per heavy atom. The molecule has 0 saturated heterocycles.